The molecule has 2 aromatic rings. The lowest BCUT2D eigenvalue weighted by Gasteiger charge is -2.34. The largest absolute Gasteiger partial charge is 0.394 e. The van der Waals surface area contributed by atoms with Crippen LogP contribution in [-0.2, 0) is 4.74 Å². The van der Waals surface area contributed by atoms with E-state index in [-0.39, 0.29) is 18.6 Å². The van der Waals surface area contributed by atoms with Gasteiger partial charge in [0.25, 0.3) is 5.91 Å². The lowest BCUT2D eigenvalue weighted by Crippen LogP contribution is -2.45. The average molecular weight is 364 g/mol. The maximum atomic E-state index is 13.1. The number of rotatable bonds is 6. The second-order valence-electron chi connectivity index (χ2n) is 6.21. The van der Waals surface area contributed by atoms with Gasteiger partial charge in [0.15, 0.2) is 0 Å². The molecule has 0 radical (unpaired) electrons. The van der Waals surface area contributed by atoms with Gasteiger partial charge in [0.2, 0.25) is 0 Å². The third-order valence-electron chi connectivity index (χ3n) is 4.62. The minimum absolute atomic E-state index is 0.0120. The summed E-state index contributed by atoms with van der Waals surface area (Å²) in [6.07, 6.45) is 4.41. The molecule has 136 valence electrons. The van der Waals surface area contributed by atoms with Gasteiger partial charge in [0.1, 0.15) is 17.0 Å². The summed E-state index contributed by atoms with van der Waals surface area (Å²) in [5.41, 5.74) is 0.896. The number of nitrogens with zero attached hydrogens (tertiary/aromatic N) is 3. The van der Waals surface area contributed by atoms with Crippen molar-refractivity contribution in [1.29, 1.82) is 0 Å². The van der Waals surface area contributed by atoms with E-state index in [1.165, 1.54) is 17.7 Å². The van der Waals surface area contributed by atoms with Crippen molar-refractivity contribution in [1.82, 2.24) is 14.9 Å². The van der Waals surface area contributed by atoms with E-state index in [9.17, 15) is 9.90 Å². The number of anilines is 1. The number of piperidine rings is 1. The van der Waals surface area contributed by atoms with Crippen LogP contribution in [-0.4, -0.2) is 65.3 Å². The van der Waals surface area contributed by atoms with Crippen LogP contribution in [0.2, 0.25) is 0 Å². The summed E-state index contributed by atoms with van der Waals surface area (Å²) >= 11 is 1.40. The first-order chi connectivity index (χ1) is 12.2. The molecule has 2 N–H and O–H groups in total. The highest BCUT2D eigenvalue weighted by molar-refractivity contribution is 7.20. The molecule has 0 saturated carbocycles. The molecule has 3 rings (SSSR count). The zero-order valence-electron chi connectivity index (χ0n) is 14.6. The molecule has 1 fully saturated rings. The summed E-state index contributed by atoms with van der Waals surface area (Å²) in [4.78, 5) is 25.0. The molecule has 7 nitrogen and oxygen atoms in total. The Morgan fingerprint density at radius 1 is 1.48 bits per heavy atom. The standard InChI is InChI=1S/C17H24N4O3S/c1-11-13-15(18-6-8-24-2)19-10-20-16(13)25-14(11)17(23)21-7-4-3-5-12(21)9-22/h10,12,22H,3-9H2,1-2H3,(H,18,19,20). The molecule has 1 saturated heterocycles. The predicted octanol–water partition coefficient (Wildman–Crippen LogP) is 2.05. The van der Waals surface area contributed by atoms with Crippen molar-refractivity contribution < 1.29 is 14.6 Å². The number of likely N-dealkylation sites (tertiary alicyclic amines) is 1. The Morgan fingerprint density at radius 3 is 3.08 bits per heavy atom. The van der Waals surface area contributed by atoms with E-state index in [0.29, 0.717) is 24.6 Å². The summed E-state index contributed by atoms with van der Waals surface area (Å²) in [5, 5.41) is 13.7. The van der Waals surface area contributed by atoms with Crippen LogP contribution >= 0.6 is 11.3 Å². The van der Waals surface area contributed by atoms with Crippen molar-refractivity contribution in [2.75, 3.05) is 38.7 Å². The molecular weight excluding hydrogens is 340 g/mol. The number of fused-ring (bicyclic) bond motifs is 1. The molecule has 8 heteroatoms. The zero-order chi connectivity index (χ0) is 17.8. The van der Waals surface area contributed by atoms with Crippen LogP contribution in [0.4, 0.5) is 5.82 Å². The highest BCUT2D eigenvalue weighted by Gasteiger charge is 2.30. The molecule has 0 bridgehead atoms. The molecule has 2 aromatic heterocycles. The number of hydrogen-bond acceptors (Lipinski definition) is 7. The number of thiophene rings is 1. The minimum Gasteiger partial charge on any atom is -0.394 e. The zero-order valence-corrected chi connectivity index (χ0v) is 15.4. The number of aryl methyl sites for hydroxylation is 1. The van der Waals surface area contributed by atoms with Gasteiger partial charge in [-0.25, -0.2) is 9.97 Å². The van der Waals surface area contributed by atoms with Crippen molar-refractivity contribution in [3.8, 4) is 0 Å². The Morgan fingerprint density at radius 2 is 2.32 bits per heavy atom. The monoisotopic (exact) mass is 364 g/mol. The Hall–Kier alpha value is -1.77. The van der Waals surface area contributed by atoms with Gasteiger partial charge in [-0.2, -0.15) is 0 Å². The Balaban J connectivity index is 1.93. The molecule has 25 heavy (non-hydrogen) atoms. The summed E-state index contributed by atoms with van der Waals surface area (Å²) in [6, 6.07) is -0.0868. The second kappa shape index (κ2) is 8.07. The van der Waals surface area contributed by atoms with Crippen LogP contribution in [0, 0.1) is 6.92 Å². The maximum absolute atomic E-state index is 13.1. The first-order valence-electron chi connectivity index (χ1n) is 8.56. The highest BCUT2D eigenvalue weighted by Crippen LogP contribution is 2.34. The molecule has 1 unspecified atom stereocenters. The van der Waals surface area contributed by atoms with Gasteiger partial charge in [-0.05, 0) is 31.7 Å². The van der Waals surface area contributed by atoms with Crippen LogP contribution in [0.1, 0.15) is 34.5 Å². The quantitative estimate of drug-likeness (QED) is 0.763. The van der Waals surface area contributed by atoms with Gasteiger partial charge in [-0.1, -0.05) is 0 Å². The summed E-state index contributed by atoms with van der Waals surface area (Å²) < 4.78 is 5.07. The molecule has 0 aromatic carbocycles. The number of ether oxygens (including phenoxy) is 1. The van der Waals surface area contributed by atoms with Crippen molar-refractivity contribution in [3.05, 3.63) is 16.8 Å². The van der Waals surface area contributed by atoms with Crippen molar-refractivity contribution in [3.63, 3.8) is 0 Å². The highest BCUT2D eigenvalue weighted by atomic mass is 32.1. The van der Waals surface area contributed by atoms with Gasteiger partial charge >= 0.3 is 0 Å². The number of aliphatic hydroxyl groups excluding tert-OH is 1. The lowest BCUT2D eigenvalue weighted by atomic mass is 10.0. The van der Waals surface area contributed by atoms with Crippen molar-refractivity contribution >= 4 is 33.3 Å². The van der Waals surface area contributed by atoms with Crippen LogP contribution in [0.3, 0.4) is 0 Å². The summed E-state index contributed by atoms with van der Waals surface area (Å²) in [6.45, 7) is 3.86. The molecule has 0 spiro atoms. The fourth-order valence-electron chi connectivity index (χ4n) is 3.27. The molecular formula is C17H24N4O3S. The van der Waals surface area contributed by atoms with Gasteiger partial charge in [-0.15, -0.1) is 11.3 Å². The summed E-state index contributed by atoms with van der Waals surface area (Å²) in [5.74, 6) is 0.717. The van der Waals surface area contributed by atoms with E-state index in [4.69, 9.17) is 4.74 Å². The molecule has 1 amide bonds. The van der Waals surface area contributed by atoms with Crippen LogP contribution in [0.15, 0.2) is 6.33 Å². The first-order valence-corrected chi connectivity index (χ1v) is 9.37. The van der Waals surface area contributed by atoms with Crippen LogP contribution < -0.4 is 5.32 Å². The van der Waals surface area contributed by atoms with Crippen LogP contribution in [0.5, 0.6) is 0 Å². The topological polar surface area (TPSA) is 87.6 Å². The third kappa shape index (κ3) is 3.61. The molecule has 1 aliphatic rings. The Bertz CT molecular complexity index is 749. The maximum Gasteiger partial charge on any atom is 0.264 e. The van der Waals surface area contributed by atoms with E-state index in [1.54, 1.807) is 7.11 Å². The Labute approximate surface area is 151 Å². The van der Waals surface area contributed by atoms with Gasteiger partial charge in [0, 0.05) is 20.2 Å². The normalized spacial score (nSPS) is 17.9. The van der Waals surface area contributed by atoms with Gasteiger partial charge in [0.05, 0.1) is 29.5 Å². The molecule has 1 atom stereocenters. The number of aliphatic hydroxyl groups is 1. The lowest BCUT2D eigenvalue weighted by molar-refractivity contribution is 0.0507. The smallest absolute Gasteiger partial charge is 0.264 e. The second-order valence-corrected chi connectivity index (χ2v) is 7.21. The van der Waals surface area contributed by atoms with E-state index in [2.05, 4.69) is 15.3 Å². The van der Waals surface area contributed by atoms with E-state index >= 15 is 0 Å². The van der Waals surface area contributed by atoms with E-state index < -0.39 is 0 Å². The van der Waals surface area contributed by atoms with Crippen molar-refractivity contribution in [2.24, 2.45) is 0 Å². The number of aromatic nitrogens is 2. The predicted molar refractivity (Wildman–Crippen MR) is 98.3 cm³/mol. The number of carbonyl (C=O) groups is 1. The summed E-state index contributed by atoms with van der Waals surface area (Å²) in [7, 11) is 1.65. The fraction of sp³-hybridized carbons (Fsp3) is 0.588. The third-order valence-corrected chi connectivity index (χ3v) is 5.81. The number of nitrogens with one attached hydrogen (secondary N) is 1. The van der Waals surface area contributed by atoms with Crippen LogP contribution in [0.25, 0.3) is 10.2 Å². The number of carbonyl (C=O) groups excluding carboxylic acids is 1. The average Bonchev–Trinajstić information content (AvgIpc) is 2.99. The number of methoxy groups -OCH3 is 1. The molecule has 3 heterocycles. The van der Waals surface area contributed by atoms with Crippen molar-refractivity contribution in [2.45, 2.75) is 32.2 Å². The van der Waals surface area contributed by atoms with E-state index in [1.807, 2.05) is 11.8 Å². The minimum atomic E-state index is -0.0868. The fourth-order valence-corrected chi connectivity index (χ4v) is 4.37. The first kappa shape index (κ1) is 18.0. The van der Waals surface area contributed by atoms with E-state index in [0.717, 1.165) is 40.9 Å². The SMILES string of the molecule is COCCNc1ncnc2sc(C(=O)N3CCCCC3CO)c(C)c12. The van der Waals surface area contributed by atoms with Gasteiger partial charge in [-0.3, -0.25) is 4.79 Å². The Kier molecular flexibility index (Phi) is 5.82. The number of amides is 1. The molecule has 0 aliphatic carbocycles. The van der Waals surface area contributed by atoms with Gasteiger partial charge < -0.3 is 20.1 Å². The number of hydrogen-bond donors (Lipinski definition) is 2. The molecule has 1 aliphatic heterocycles.